The first kappa shape index (κ1) is 10.2. The minimum atomic E-state index is -0.422. The molecule has 4 heteroatoms. The second kappa shape index (κ2) is 3.46. The Morgan fingerprint density at radius 1 is 1.62 bits per heavy atom. The molecule has 1 unspecified atom stereocenters. The van der Waals surface area contributed by atoms with Gasteiger partial charge in [0.25, 0.3) is 0 Å². The summed E-state index contributed by atoms with van der Waals surface area (Å²) in [5.74, 6) is 0. The van der Waals surface area contributed by atoms with Crippen LogP contribution in [0.1, 0.15) is 33.4 Å². The van der Waals surface area contributed by atoms with Gasteiger partial charge in [0.15, 0.2) is 0 Å². The van der Waals surface area contributed by atoms with Gasteiger partial charge < -0.3 is 5.11 Å². The number of aliphatic hydroxyl groups excluding tert-OH is 1. The highest BCUT2D eigenvalue weighted by Gasteiger charge is 2.29. The highest BCUT2D eigenvalue weighted by atomic mass is 16.3. The van der Waals surface area contributed by atoms with Crippen LogP contribution in [0.5, 0.6) is 0 Å². The van der Waals surface area contributed by atoms with Crippen molar-refractivity contribution in [3.8, 4) is 0 Å². The Labute approximate surface area is 78.6 Å². The van der Waals surface area contributed by atoms with Gasteiger partial charge in [-0.1, -0.05) is 19.1 Å². The van der Waals surface area contributed by atoms with Gasteiger partial charge in [-0.3, -0.25) is 4.68 Å². The largest absolute Gasteiger partial charge is 0.392 e. The molecular formula is C9H17N3O. The second-order valence-electron chi connectivity index (χ2n) is 3.86. The van der Waals surface area contributed by atoms with Crippen molar-refractivity contribution >= 4 is 0 Å². The summed E-state index contributed by atoms with van der Waals surface area (Å²) < 4.78 is 1.76. The quantitative estimate of drug-likeness (QED) is 0.759. The van der Waals surface area contributed by atoms with Gasteiger partial charge >= 0.3 is 0 Å². The van der Waals surface area contributed by atoms with E-state index in [4.69, 9.17) is 0 Å². The van der Waals surface area contributed by atoms with E-state index in [-0.39, 0.29) is 5.41 Å². The molecule has 0 amide bonds. The molecule has 0 bridgehead atoms. The molecule has 0 aliphatic carbocycles. The van der Waals surface area contributed by atoms with Crippen molar-refractivity contribution in [1.82, 2.24) is 15.0 Å². The molecule has 1 rings (SSSR count). The van der Waals surface area contributed by atoms with E-state index in [1.54, 1.807) is 11.6 Å². The van der Waals surface area contributed by atoms with E-state index < -0.39 is 6.10 Å². The van der Waals surface area contributed by atoms with Crippen LogP contribution in [0.2, 0.25) is 0 Å². The molecule has 0 aliphatic heterocycles. The second-order valence-corrected chi connectivity index (χ2v) is 3.86. The third-order valence-electron chi connectivity index (χ3n) is 2.57. The smallest absolute Gasteiger partial charge is 0.0908 e. The molecule has 0 saturated carbocycles. The van der Waals surface area contributed by atoms with Gasteiger partial charge in [-0.05, 0) is 13.8 Å². The number of aromatic nitrogens is 3. The molecule has 1 heterocycles. The number of hydrogen-bond donors (Lipinski definition) is 1. The molecule has 0 spiro atoms. The minimum absolute atomic E-state index is 0.326. The van der Waals surface area contributed by atoms with Crippen molar-refractivity contribution < 1.29 is 5.11 Å². The zero-order chi connectivity index (χ0) is 10.1. The van der Waals surface area contributed by atoms with E-state index in [9.17, 15) is 5.11 Å². The van der Waals surface area contributed by atoms with Crippen LogP contribution in [-0.2, 0) is 12.0 Å². The first-order valence-electron chi connectivity index (χ1n) is 4.57. The summed E-state index contributed by atoms with van der Waals surface area (Å²) in [5, 5.41) is 17.5. The van der Waals surface area contributed by atoms with Crippen molar-refractivity contribution in [3.05, 3.63) is 11.9 Å². The summed E-state index contributed by atoms with van der Waals surface area (Å²) in [4.78, 5) is 0. The van der Waals surface area contributed by atoms with E-state index >= 15 is 0 Å². The van der Waals surface area contributed by atoms with Crippen molar-refractivity contribution in [2.24, 2.45) is 0 Å². The zero-order valence-electron chi connectivity index (χ0n) is 8.65. The molecule has 13 heavy (non-hydrogen) atoms. The summed E-state index contributed by atoms with van der Waals surface area (Å²) in [7, 11) is 0. The van der Waals surface area contributed by atoms with E-state index in [0.717, 1.165) is 12.2 Å². The highest BCUT2D eigenvalue weighted by molar-refractivity contribution is 5.10. The lowest BCUT2D eigenvalue weighted by Crippen LogP contribution is -2.31. The predicted molar refractivity (Wildman–Crippen MR) is 50.4 cm³/mol. The lowest BCUT2D eigenvalue weighted by Gasteiger charge is -2.24. The van der Waals surface area contributed by atoms with Gasteiger partial charge in [-0.2, -0.15) is 0 Å². The molecule has 0 aromatic carbocycles. The number of hydrogen-bond acceptors (Lipinski definition) is 3. The molecule has 1 aromatic heterocycles. The molecule has 4 nitrogen and oxygen atoms in total. The molecule has 1 aromatic rings. The normalized spacial score (nSPS) is 14.5. The molecule has 1 N–H and O–H groups in total. The molecule has 0 radical (unpaired) electrons. The summed E-state index contributed by atoms with van der Waals surface area (Å²) in [6, 6.07) is 0. The number of aliphatic hydroxyl groups is 1. The van der Waals surface area contributed by atoms with Gasteiger partial charge in [0, 0.05) is 18.2 Å². The predicted octanol–water partition coefficient (Wildman–Crippen LogP) is 0.956. The van der Waals surface area contributed by atoms with Crippen molar-refractivity contribution in [2.45, 2.75) is 45.8 Å². The van der Waals surface area contributed by atoms with Crippen LogP contribution in [0.4, 0.5) is 0 Å². The van der Waals surface area contributed by atoms with E-state index in [1.165, 1.54) is 0 Å². The van der Waals surface area contributed by atoms with Crippen LogP contribution in [0.3, 0.4) is 0 Å². The average molecular weight is 183 g/mol. The van der Waals surface area contributed by atoms with Crippen LogP contribution in [0.25, 0.3) is 0 Å². The minimum Gasteiger partial charge on any atom is -0.392 e. The Balaban J connectivity index is 2.93. The fourth-order valence-electron chi connectivity index (χ4n) is 0.962. The molecular weight excluding hydrogens is 166 g/mol. The molecule has 0 fully saturated rings. The lowest BCUT2D eigenvalue weighted by atomic mass is 9.84. The monoisotopic (exact) mass is 183 g/mol. The topological polar surface area (TPSA) is 50.9 Å². The zero-order valence-corrected chi connectivity index (χ0v) is 8.65. The van der Waals surface area contributed by atoms with Crippen molar-refractivity contribution in [3.63, 3.8) is 0 Å². The fraction of sp³-hybridized carbons (Fsp3) is 0.778. The van der Waals surface area contributed by atoms with Gasteiger partial charge in [-0.25, -0.2) is 0 Å². The molecule has 0 aliphatic rings. The van der Waals surface area contributed by atoms with Crippen molar-refractivity contribution in [2.75, 3.05) is 0 Å². The molecule has 0 saturated heterocycles. The van der Waals surface area contributed by atoms with E-state index in [2.05, 4.69) is 10.3 Å². The summed E-state index contributed by atoms with van der Waals surface area (Å²) >= 11 is 0. The number of rotatable bonds is 3. The van der Waals surface area contributed by atoms with E-state index in [1.807, 2.05) is 27.0 Å². The maximum atomic E-state index is 9.54. The first-order valence-corrected chi connectivity index (χ1v) is 4.57. The van der Waals surface area contributed by atoms with Crippen LogP contribution < -0.4 is 0 Å². The highest BCUT2D eigenvalue weighted by Crippen LogP contribution is 2.24. The van der Waals surface area contributed by atoms with Gasteiger partial charge in [-0.15, -0.1) is 5.10 Å². The third kappa shape index (κ3) is 1.88. The number of nitrogens with zero attached hydrogens (tertiary/aromatic N) is 3. The average Bonchev–Trinajstić information content (AvgIpc) is 2.51. The SMILES string of the molecule is CCn1cc(C(C)(C)C(C)O)nn1. The maximum absolute atomic E-state index is 9.54. The Kier molecular flexibility index (Phi) is 2.71. The van der Waals surface area contributed by atoms with Gasteiger partial charge in [0.2, 0.25) is 0 Å². The molecule has 1 atom stereocenters. The Morgan fingerprint density at radius 3 is 2.62 bits per heavy atom. The Bertz CT molecular complexity index is 278. The van der Waals surface area contributed by atoms with Crippen LogP contribution in [-0.4, -0.2) is 26.2 Å². The van der Waals surface area contributed by atoms with Gasteiger partial charge in [0.1, 0.15) is 0 Å². The summed E-state index contributed by atoms with van der Waals surface area (Å²) in [5.41, 5.74) is 0.511. The Hall–Kier alpha value is -0.900. The third-order valence-corrected chi connectivity index (χ3v) is 2.57. The summed E-state index contributed by atoms with van der Waals surface area (Å²) in [6.45, 7) is 8.51. The van der Waals surface area contributed by atoms with Crippen LogP contribution >= 0.6 is 0 Å². The maximum Gasteiger partial charge on any atom is 0.0908 e. The number of aryl methyl sites for hydroxylation is 1. The standard InChI is InChI=1S/C9H17N3O/c1-5-12-6-8(10-11-12)9(3,4)7(2)13/h6-7,13H,5H2,1-4H3. The van der Waals surface area contributed by atoms with E-state index in [0.29, 0.717) is 0 Å². The lowest BCUT2D eigenvalue weighted by molar-refractivity contribution is 0.115. The van der Waals surface area contributed by atoms with Crippen molar-refractivity contribution in [1.29, 1.82) is 0 Å². The molecule has 74 valence electrons. The fourth-order valence-corrected chi connectivity index (χ4v) is 0.962. The first-order chi connectivity index (χ1) is 5.98. The summed E-state index contributed by atoms with van der Waals surface area (Å²) in [6.07, 6.45) is 1.46. The van der Waals surface area contributed by atoms with Gasteiger partial charge in [0.05, 0.1) is 11.8 Å². The van der Waals surface area contributed by atoms with Crippen LogP contribution in [0.15, 0.2) is 6.20 Å². The van der Waals surface area contributed by atoms with Crippen LogP contribution in [0, 0.1) is 0 Å². The Morgan fingerprint density at radius 2 is 2.23 bits per heavy atom.